The number of aldehydes is 1. The summed E-state index contributed by atoms with van der Waals surface area (Å²) in [6.45, 7) is 5.79. The van der Waals surface area contributed by atoms with Crippen molar-refractivity contribution in [2.24, 2.45) is 5.41 Å². The zero-order valence-electron chi connectivity index (χ0n) is 7.94. The molecule has 1 aromatic rings. The Labute approximate surface area is 81.4 Å². The van der Waals surface area contributed by atoms with Gasteiger partial charge in [0.05, 0.1) is 4.88 Å². The lowest BCUT2D eigenvalue weighted by Crippen LogP contribution is -2.17. The summed E-state index contributed by atoms with van der Waals surface area (Å²) in [5.74, 6) is 0. The van der Waals surface area contributed by atoms with Gasteiger partial charge >= 0.3 is 0 Å². The van der Waals surface area contributed by atoms with Gasteiger partial charge in [0.2, 0.25) is 0 Å². The fourth-order valence-corrected chi connectivity index (χ4v) is 1.82. The Morgan fingerprint density at radius 3 is 2.62 bits per heavy atom. The number of rotatable bonds is 2. The first kappa shape index (κ1) is 10.3. The van der Waals surface area contributed by atoms with Crippen LogP contribution in [0.4, 0.5) is 0 Å². The van der Waals surface area contributed by atoms with Crippen molar-refractivity contribution in [1.29, 1.82) is 0 Å². The van der Waals surface area contributed by atoms with Crippen LogP contribution in [0.25, 0.3) is 0 Å². The molecule has 0 spiro atoms. The van der Waals surface area contributed by atoms with Gasteiger partial charge in [-0.05, 0) is 5.41 Å². The maximum Gasteiger partial charge on any atom is 0.161 e. The second-order valence-corrected chi connectivity index (χ2v) is 5.08. The molecule has 0 aliphatic heterocycles. The van der Waals surface area contributed by atoms with Crippen molar-refractivity contribution in [3.8, 4) is 0 Å². The molecule has 3 nitrogen and oxygen atoms in total. The molecule has 0 aliphatic rings. The van der Waals surface area contributed by atoms with Gasteiger partial charge in [0.1, 0.15) is 11.1 Å². The van der Waals surface area contributed by atoms with E-state index in [1.807, 2.05) is 20.8 Å². The van der Waals surface area contributed by atoms with Crippen molar-refractivity contribution >= 4 is 17.6 Å². The maximum absolute atomic E-state index is 10.4. The van der Waals surface area contributed by atoms with E-state index in [1.54, 1.807) is 0 Å². The zero-order valence-corrected chi connectivity index (χ0v) is 8.76. The molecule has 1 N–H and O–H groups in total. The highest BCUT2D eigenvalue weighted by molar-refractivity contribution is 7.13. The standard InChI is InChI=1S/C9H13NO2S/c1-9(2,3)7(12)8-10-4-6(5-11)13-8/h4-5,7,12H,1-3H3. The molecule has 0 aliphatic carbocycles. The van der Waals surface area contributed by atoms with Gasteiger partial charge in [-0.3, -0.25) is 4.79 Å². The maximum atomic E-state index is 10.4. The fourth-order valence-electron chi connectivity index (χ4n) is 0.852. The Morgan fingerprint density at radius 1 is 1.62 bits per heavy atom. The first-order chi connectivity index (χ1) is 5.95. The Bertz CT molecular complexity index is 301. The van der Waals surface area contributed by atoms with Gasteiger partial charge in [-0.15, -0.1) is 11.3 Å². The molecule has 1 atom stereocenters. The number of aromatic nitrogens is 1. The predicted octanol–water partition coefficient (Wildman–Crippen LogP) is 2.04. The quantitative estimate of drug-likeness (QED) is 0.741. The van der Waals surface area contributed by atoms with E-state index in [0.717, 1.165) is 6.29 Å². The number of hydrogen-bond acceptors (Lipinski definition) is 4. The van der Waals surface area contributed by atoms with Crippen LogP contribution in [0.5, 0.6) is 0 Å². The molecular weight excluding hydrogens is 186 g/mol. The molecule has 1 unspecified atom stereocenters. The Hall–Kier alpha value is -0.740. The van der Waals surface area contributed by atoms with Crippen LogP contribution < -0.4 is 0 Å². The summed E-state index contributed by atoms with van der Waals surface area (Å²) in [6, 6.07) is 0. The molecule has 1 heterocycles. The summed E-state index contributed by atoms with van der Waals surface area (Å²) in [5, 5.41) is 10.4. The van der Waals surface area contributed by atoms with Gasteiger partial charge in [0, 0.05) is 6.20 Å². The highest BCUT2D eigenvalue weighted by Crippen LogP contribution is 2.34. The van der Waals surface area contributed by atoms with Crippen LogP contribution in [0.1, 0.15) is 41.6 Å². The number of nitrogens with zero attached hydrogens (tertiary/aromatic N) is 1. The highest BCUT2D eigenvalue weighted by Gasteiger charge is 2.26. The number of hydrogen-bond donors (Lipinski definition) is 1. The molecule has 1 aromatic heterocycles. The number of aliphatic hydroxyl groups is 1. The minimum atomic E-state index is -0.605. The van der Waals surface area contributed by atoms with Crippen LogP contribution in [0.3, 0.4) is 0 Å². The molecule has 1 rings (SSSR count). The molecule has 0 aromatic carbocycles. The third-order valence-corrected chi connectivity index (χ3v) is 2.69. The van der Waals surface area contributed by atoms with Crippen LogP contribution in [0.2, 0.25) is 0 Å². The second kappa shape index (κ2) is 3.55. The van der Waals surface area contributed by atoms with E-state index >= 15 is 0 Å². The lowest BCUT2D eigenvalue weighted by molar-refractivity contribution is 0.0624. The summed E-state index contributed by atoms with van der Waals surface area (Å²) in [6.07, 6.45) is 1.63. The second-order valence-electron chi connectivity index (χ2n) is 3.99. The molecule has 0 radical (unpaired) electrons. The van der Waals surface area contributed by atoms with Crippen LogP contribution >= 0.6 is 11.3 Å². The third-order valence-electron chi connectivity index (χ3n) is 1.71. The average molecular weight is 199 g/mol. The molecule has 0 fully saturated rings. The van der Waals surface area contributed by atoms with E-state index in [2.05, 4.69) is 4.98 Å². The van der Waals surface area contributed by atoms with Crippen LogP contribution in [0.15, 0.2) is 6.20 Å². The van der Waals surface area contributed by atoms with Crippen molar-refractivity contribution in [1.82, 2.24) is 4.98 Å². The van der Waals surface area contributed by atoms with Crippen molar-refractivity contribution in [3.63, 3.8) is 0 Å². The average Bonchev–Trinajstić information content (AvgIpc) is 2.48. The number of aliphatic hydroxyl groups excluding tert-OH is 1. The van der Waals surface area contributed by atoms with Crippen LogP contribution in [-0.4, -0.2) is 16.4 Å². The summed E-state index contributed by atoms with van der Waals surface area (Å²) in [5.41, 5.74) is -0.238. The van der Waals surface area contributed by atoms with E-state index in [0.29, 0.717) is 9.88 Å². The lowest BCUT2D eigenvalue weighted by Gasteiger charge is -2.23. The van der Waals surface area contributed by atoms with Crippen molar-refractivity contribution in [2.75, 3.05) is 0 Å². The predicted molar refractivity (Wildman–Crippen MR) is 51.9 cm³/mol. The Balaban J connectivity index is 2.89. The van der Waals surface area contributed by atoms with Gasteiger partial charge in [0.25, 0.3) is 0 Å². The van der Waals surface area contributed by atoms with Crippen LogP contribution in [-0.2, 0) is 0 Å². The summed E-state index contributed by atoms with van der Waals surface area (Å²) in [7, 11) is 0. The Kier molecular flexibility index (Phi) is 2.83. The summed E-state index contributed by atoms with van der Waals surface area (Å²) >= 11 is 1.24. The summed E-state index contributed by atoms with van der Waals surface area (Å²) in [4.78, 5) is 14.9. The Morgan fingerprint density at radius 2 is 2.23 bits per heavy atom. The largest absolute Gasteiger partial charge is 0.385 e. The lowest BCUT2D eigenvalue weighted by atomic mass is 9.90. The first-order valence-electron chi connectivity index (χ1n) is 4.04. The SMILES string of the molecule is CC(C)(C)C(O)c1ncc(C=O)s1. The smallest absolute Gasteiger partial charge is 0.161 e. The molecule has 0 amide bonds. The number of carbonyl (C=O) groups excluding carboxylic acids is 1. The van der Waals surface area contributed by atoms with Gasteiger partial charge in [0.15, 0.2) is 6.29 Å². The number of carbonyl (C=O) groups is 1. The van der Waals surface area contributed by atoms with E-state index in [4.69, 9.17) is 0 Å². The topological polar surface area (TPSA) is 50.2 Å². The first-order valence-corrected chi connectivity index (χ1v) is 4.86. The molecule has 72 valence electrons. The fraction of sp³-hybridized carbons (Fsp3) is 0.556. The van der Waals surface area contributed by atoms with Gasteiger partial charge in [-0.1, -0.05) is 20.8 Å². The number of thiazole rings is 1. The summed E-state index contributed by atoms with van der Waals surface area (Å²) < 4.78 is 0. The minimum absolute atomic E-state index is 0.238. The molecule has 0 bridgehead atoms. The van der Waals surface area contributed by atoms with E-state index in [9.17, 15) is 9.90 Å². The van der Waals surface area contributed by atoms with Gasteiger partial charge < -0.3 is 5.11 Å². The van der Waals surface area contributed by atoms with E-state index in [-0.39, 0.29) is 5.41 Å². The minimum Gasteiger partial charge on any atom is -0.385 e. The van der Waals surface area contributed by atoms with Gasteiger partial charge in [-0.2, -0.15) is 0 Å². The van der Waals surface area contributed by atoms with Crippen LogP contribution in [0, 0.1) is 5.41 Å². The van der Waals surface area contributed by atoms with E-state index < -0.39 is 6.10 Å². The third kappa shape index (κ3) is 2.35. The molecule has 4 heteroatoms. The van der Waals surface area contributed by atoms with Crippen molar-refractivity contribution < 1.29 is 9.90 Å². The van der Waals surface area contributed by atoms with Crippen molar-refractivity contribution in [2.45, 2.75) is 26.9 Å². The molecular formula is C9H13NO2S. The molecule has 0 saturated heterocycles. The zero-order chi connectivity index (χ0) is 10.1. The molecule has 13 heavy (non-hydrogen) atoms. The monoisotopic (exact) mass is 199 g/mol. The van der Waals surface area contributed by atoms with Crippen molar-refractivity contribution in [3.05, 3.63) is 16.1 Å². The molecule has 0 saturated carbocycles. The van der Waals surface area contributed by atoms with E-state index in [1.165, 1.54) is 17.5 Å². The van der Waals surface area contributed by atoms with Gasteiger partial charge in [-0.25, -0.2) is 4.98 Å². The highest BCUT2D eigenvalue weighted by atomic mass is 32.1. The normalized spacial score (nSPS) is 14.2.